The second-order valence-corrected chi connectivity index (χ2v) is 45.8. The van der Waals surface area contributed by atoms with Crippen LogP contribution in [0.3, 0.4) is 0 Å². The molecule has 38 heavy (non-hydrogen) atoms. The van der Waals surface area contributed by atoms with E-state index in [1.807, 2.05) is 31.2 Å². The Balaban J connectivity index is 1.21. The van der Waals surface area contributed by atoms with Crippen molar-refractivity contribution in [1.82, 2.24) is 0 Å². The van der Waals surface area contributed by atoms with Crippen molar-refractivity contribution in [2.45, 2.75) is 70.0 Å². The number of rotatable bonds is 9. The standard InChI is InChI=1S/C29H34I2O6Te/c1-4-25(32)36-28-14-20-13-27(2,17-28)18-29(15-20,19-28)37-26(33)16-35-22-7-11-24(12-8-22)38(30,31)23-9-5-21(34-3)6-10-23/h5-12,20H,4,13-19H2,1-3H3. The maximum absolute atomic E-state index is 13.0. The Kier molecular flexibility index (Phi) is 8.25. The minimum absolute atomic E-state index is 0.0327. The Morgan fingerprint density at radius 1 is 0.842 bits per heavy atom. The Bertz CT molecular complexity index is 1200. The second kappa shape index (κ2) is 10.9. The molecule has 0 radical (unpaired) electrons. The summed E-state index contributed by atoms with van der Waals surface area (Å²) in [7, 11) is -0.873. The van der Waals surface area contributed by atoms with Gasteiger partial charge in [-0.25, -0.2) is 0 Å². The van der Waals surface area contributed by atoms with Gasteiger partial charge < -0.3 is 0 Å². The van der Waals surface area contributed by atoms with Crippen LogP contribution >= 0.6 is 37.4 Å². The molecule has 0 N–H and O–H groups in total. The van der Waals surface area contributed by atoms with Gasteiger partial charge in [0.25, 0.3) is 0 Å². The van der Waals surface area contributed by atoms with E-state index in [1.54, 1.807) is 7.11 Å². The van der Waals surface area contributed by atoms with E-state index in [9.17, 15) is 9.59 Å². The van der Waals surface area contributed by atoms with Crippen LogP contribution in [-0.4, -0.2) is 47.1 Å². The second-order valence-electron chi connectivity index (χ2n) is 11.4. The Labute approximate surface area is 248 Å². The number of benzene rings is 2. The fourth-order valence-corrected chi connectivity index (χ4v) is 18.7. The average Bonchev–Trinajstić information content (AvgIpc) is 2.85. The van der Waals surface area contributed by atoms with Crippen molar-refractivity contribution < 1.29 is 28.5 Å². The Hall–Kier alpha value is -0.770. The topological polar surface area (TPSA) is 71.1 Å². The third-order valence-corrected chi connectivity index (χ3v) is 26.6. The van der Waals surface area contributed by atoms with E-state index < -0.39 is 21.5 Å². The molecule has 4 aliphatic carbocycles. The van der Waals surface area contributed by atoms with Gasteiger partial charge in [-0.1, -0.05) is 6.92 Å². The number of halogens is 2. The summed E-state index contributed by atoms with van der Waals surface area (Å²) in [6, 6.07) is 16.4. The van der Waals surface area contributed by atoms with Crippen LogP contribution in [0.5, 0.6) is 11.5 Å². The molecule has 6 rings (SSSR count). The van der Waals surface area contributed by atoms with Gasteiger partial charge in [0.2, 0.25) is 0 Å². The maximum atomic E-state index is 13.0. The molecule has 0 heterocycles. The quantitative estimate of drug-likeness (QED) is 0.189. The van der Waals surface area contributed by atoms with Gasteiger partial charge in [0.15, 0.2) is 0 Å². The molecule has 4 aliphatic rings. The Morgan fingerprint density at radius 3 is 1.87 bits per heavy atom. The zero-order chi connectivity index (χ0) is 27.2. The third kappa shape index (κ3) is 5.96. The zero-order valence-electron chi connectivity index (χ0n) is 22.0. The van der Waals surface area contributed by atoms with Crippen LogP contribution in [0.2, 0.25) is 0 Å². The molecular weight excluding hydrogens is 826 g/mol. The summed E-state index contributed by atoms with van der Waals surface area (Å²) in [5.74, 6) is 1.40. The molecule has 0 aromatic heterocycles. The average molecular weight is 860 g/mol. The summed E-state index contributed by atoms with van der Waals surface area (Å²) in [6.07, 6.45) is 5.49. The molecule has 4 unspecified atom stereocenters. The first-order chi connectivity index (χ1) is 18.0. The number of esters is 2. The zero-order valence-corrected chi connectivity index (χ0v) is 28.6. The number of carbonyl (C=O) groups is 2. The van der Waals surface area contributed by atoms with Crippen LogP contribution in [0.25, 0.3) is 0 Å². The number of hydrogen-bond acceptors (Lipinski definition) is 6. The molecular formula is C29H34I2O6Te. The van der Waals surface area contributed by atoms with Crippen molar-refractivity contribution in [3.63, 3.8) is 0 Å². The number of ether oxygens (including phenoxy) is 4. The summed E-state index contributed by atoms with van der Waals surface area (Å²) in [6.45, 7) is 3.94. The summed E-state index contributed by atoms with van der Waals surface area (Å²) in [5.41, 5.74) is -1.04. The van der Waals surface area contributed by atoms with Crippen LogP contribution in [0.15, 0.2) is 48.5 Å². The van der Waals surface area contributed by atoms with E-state index >= 15 is 0 Å². The van der Waals surface area contributed by atoms with Gasteiger partial charge in [0, 0.05) is 6.42 Å². The van der Waals surface area contributed by atoms with E-state index in [0.717, 1.165) is 37.9 Å². The van der Waals surface area contributed by atoms with Gasteiger partial charge in [-0.05, 0) is 0 Å². The summed E-state index contributed by atoms with van der Waals surface area (Å²) in [5, 5.41) is 0. The van der Waals surface area contributed by atoms with Gasteiger partial charge in [0.1, 0.15) is 0 Å². The van der Waals surface area contributed by atoms with Crippen molar-refractivity contribution in [3.8, 4) is 11.5 Å². The van der Waals surface area contributed by atoms with Crippen LogP contribution in [-0.2, 0) is 19.1 Å². The van der Waals surface area contributed by atoms with Crippen LogP contribution in [0.1, 0.15) is 58.8 Å². The molecule has 4 saturated carbocycles. The van der Waals surface area contributed by atoms with Crippen molar-refractivity contribution in [3.05, 3.63) is 48.5 Å². The summed E-state index contributed by atoms with van der Waals surface area (Å²) >= 11 is 5.25. The predicted octanol–water partition coefficient (Wildman–Crippen LogP) is 5.48. The van der Waals surface area contributed by atoms with E-state index in [-0.39, 0.29) is 24.0 Å². The van der Waals surface area contributed by atoms with Gasteiger partial charge in [-0.2, -0.15) is 0 Å². The SMILES string of the molecule is CCC(=O)OC12CC3CC(C)(C1)CC(OC(=O)COc1ccc([Te](I)(I)c4ccc(OC)cc4)cc1)(C3)C2. The first-order valence-corrected chi connectivity index (χ1v) is 28.9. The number of methoxy groups -OCH3 is 1. The van der Waals surface area contributed by atoms with Crippen LogP contribution < -0.4 is 16.7 Å². The van der Waals surface area contributed by atoms with Gasteiger partial charge in [0.05, 0.1) is 0 Å². The van der Waals surface area contributed by atoms with Crippen LogP contribution in [0, 0.1) is 11.3 Å². The molecule has 6 nitrogen and oxygen atoms in total. The van der Waals surface area contributed by atoms with E-state index in [0.29, 0.717) is 24.5 Å². The molecule has 2 aromatic rings. The predicted molar refractivity (Wildman–Crippen MR) is 165 cm³/mol. The van der Waals surface area contributed by atoms with Gasteiger partial charge in [-0.3, -0.25) is 4.79 Å². The molecule has 206 valence electrons. The fourth-order valence-electron chi connectivity index (χ4n) is 7.27. The number of carbonyl (C=O) groups excluding carboxylic acids is 2. The molecule has 9 heteroatoms. The molecule has 0 saturated heterocycles. The molecule has 0 aliphatic heterocycles. The van der Waals surface area contributed by atoms with E-state index in [1.165, 1.54) is 7.22 Å². The van der Waals surface area contributed by atoms with Crippen molar-refractivity contribution in [2.24, 2.45) is 11.3 Å². The Morgan fingerprint density at radius 2 is 1.37 bits per heavy atom. The van der Waals surface area contributed by atoms with Crippen molar-refractivity contribution in [2.75, 3.05) is 13.7 Å². The summed E-state index contributed by atoms with van der Waals surface area (Å²) in [4.78, 5) is 25.2. The molecule has 4 bridgehead atoms. The first kappa shape index (κ1) is 28.7. The van der Waals surface area contributed by atoms with Gasteiger partial charge >= 0.3 is 232 Å². The molecule has 4 fully saturated rings. The summed E-state index contributed by atoms with van der Waals surface area (Å²) < 4.78 is 26.0. The van der Waals surface area contributed by atoms with E-state index in [2.05, 4.69) is 68.6 Å². The fraction of sp³-hybridized carbons (Fsp3) is 0.517. The monoisotopic (exact) mass is 862 g/mol. The minimum atomic E-state index is -2.55. The van der Waals surface area contributed by atoms with Crippen molar-refractivity contribution >= 4 is 66.8 Å². The number of hydrogen-bond donors (Lipinski definition) is 0. The molecule has 2 aromatic carbocycles. The first-order valence-electron chi connectivity index (χ1n) is 13.0. The third-order valence-electron chi connectivity index (χ3n) is 8.03. The molecule has 0 spiro atoms. The van der Waals surface area contributed by atoms with E-state index in [4.69, 9.17) is 18.9 Å². The van der Waals surface area contributed by atoms with Crippen LogP contribution in [0.4, 0.5) is 0 Å². The molecule has 4 atom stereocenters. The van der Waals surface area contributed by atoms with Crippen molar-refractivity contribution in [1.29, 1.82) is 0 Å². The molecule has 0 amide bonds. The normalized spacial score (nSPS) is 30.0. The van der Waals surface area contributed by atoms with Gasteiger partial charge in [-0.15, -0.1) is 0 Å².